The molecule has 0 saturated heterocycles. The predicted molar refractivity (Wildman–Crippen MR) is 120 cm³/mol. The molecule has 2 atom stereocenters. The number of nitrogens with zero attached hydrogens (tertiary/aromatic N) is 1. The van der Waals surface area contributed by atoms with Gasteiger partial charge in [-0.05, 0) is 59.8 Å². The van der Waals surface area contributed by atoms with Crippen LogP contribution >= 0.6 is 11.8 Å². The van der Waals surface area contributed by atoms with Crippen LogP contribution in [-0.2, 0) is 4.79 Å². The first-order valence-electron chi connectivity index (χ1n) is 10.4. The third-order valence-electron chi connectivity index (χ3n) is 5.82. The third-order valence-corrected chi connectivity index (χ3v) is 6.56. The molecule has 1 amide bonds. The lowest BCUT2D eigenvalue weighted by Crippen LogP contribution is -2.49. The molecule has 32 heavy (non-hydrogen) atoms. The van der Waals surface area contributed by atoms with Crippen molar-refractivity contribution in [3.63, 3.8) is 0 Å². The van der Waals surface area contributed by atoms with Crippen LogP contribution < -0.4 is 10.6 Å². The summed E-state index contributed by atoms with van der Waals surface area (Å²) >= 11 is 1.62. The van der Waals surface area contributed by atoms with E-state index in [0.29, 0.717) is 0 Å². The summed E-state index contributed by atoms with van der Waals surface area (Å²) in [4.78, 5) is 13.6. The number of rotatable bonds is 9. The molecule has 0 radical (unpaired) electrons. The van der Waals surface area contributed by atoms with Crippen molar-refractivity contribution in [1.29, 1.82) is 5.26 Å². The summed E-state index contributed by atoms with van der Waals surface area (Å²) in [7, 11) is 0. The van der Waals surface area contributed by atoms with Gasteiger partial charge in [0, 0.05) is 4.90 Å². The smallest absolute Gasteiger partial charge is 0.342 e. The van der Waals surface area contributed by atoms with Gasteiger partial charge in [-0.2, -0.15) is 18.4 Å². The molecule has 0 aromatic heterocycles. The first kappa shape index (κ1) is 24.1. The molecule has 0 aliphatic heterocycles. The third kappa shape index (κ3) is 6.27. The molecule has 1 aliphatic rings. The van der Waals surface area contributed by atoms with Crippen LogP contribution in [0, 0.1) is 16.7 Å². The zero-order valence-corrected chi connectivity index (χ0v) is 18.8. The summed E-state index contributed by atoms with van der Waals surface area (Å²) in [5.41, 5.74) is 1.63. The van der Waals surface area contributed by atoms with Gasteiger partial charge in [-0.15, -0.1) is 11.8 Å². The van der Waals surface area contributed by atoms with Crippen molar-refractivity contribution in [2.24, 2.45) is 5.41 Å². The van der Waals surface area contributed by atoms with Crippen LogP contribution in [0.3, 0.4) is 0 Å². The molecule has 1 fully saturated rings. The van der Waals surface area contributed by atoms with Crippen molar-refractivity contribution < 1.29 is 18.0 Å². The average molecular weight is 462 g/mol. The molecule has 0 spiro atoms. The Morgan fingerprint density at radius 2 is 1.69 bits per heavy atom. The van der Waals surface area contributed by atoms with E-state index in [0.717, 1.165) is 28.9 Å². The van der Waals surface area contributed by atoms with Crippen LogP contribution in [0.5, 0.6) is 0 Å². The molecule has 0 bridgehead atoms. The minimum absolute atomic E-state index is 0.0426. The highest BCUT2D eigenvalue weighted by Crippen LogP contribution is 2.49. The van der Waals surface area contributed by atoms with Crippen molar-refractivity contribution in [2.75, 3.05) is 12.8 Å². The Morgan fingerprint density at radius 3 is 2.16 bits per heavy atom. The molecule has 170 valence electrons. The fourth-order valence-corrected chi connectivity index (χ4v) is 4.03. The molecule has 1 saturated carbocycles. The summed E-state index contributed by atoms with van der Waals surface area (Å²) < 4.78 is 42.0. The summed E-state index contributed by atoms with van der Waals surface area (Å²) in [6.45, 7) is 1.72. The SMILES string of the molecule is CSc1ccc(-c2ccc([C@H](N[C@@H](CC3(C)CC3)C(=O)NCC#N)C(F)(F)F)cc2)cc1. The second kappa shape index (κ2) is 9.97. The molecule has 8 heteroatoms. The maximum atomic E-state index is 14.0. The number of carbonyl (C=O) groups is 1. The number of halogens is 3. The maximum absolute atomic E-state index is 14.0. The fraction of sp³-hybridized carbons (Fsp3) is 0.417. The number of alkyl halides is 3. The Kier molecular flexibility index (Phi) is 7.52. The maximum Gasteiger partial charge on any atom is 0.407 e. The molecule has 0 heterocycles. The monoisotopic (exact) mass is 461 g/mol. The van der Waals surface area contributed by atoms with Crippen LogP contribution in [0.25, 0.3) is 11.1 Å². The number of nitriles is 1. The Bertz CT molecular complexity index is 964. The number of thioether (sulfide) groups is 1. The van der Waals surface area contributed by atoms with Crippen LogP contribution in [0.4, 0.5) is 13.2 Å². The van der Waals surface area contributed by atoms with Gasteiger partial charge in [-0.3, -0.25) is 10.1 Å². The molecular formula is C24H26F3N3OS. The van der Waals surface area contributed by atoms with E-state index in [2.05, 4.69) is 10.6 Å². The van der Waals surface area contributed by atoms with E-state index in [1.807, 2.05) is 37.4 Å². The van der Waals surface area contributed by atoms with E-state index in [1.54, 1.807) is 30.0 Å². The summed E-state index contributed by atoms with van der Waals surface area (Å²) in [5.74, 6) is -0.584. The highest BCUT2D eigenvalue weighted by atomic mass is 32.2. The normalized spacial score (nSPS) is 16.6. The van der Waals surface area contributed by atoms with Gasteiger partial charge in [0.1, 0.15) is 12.6 Å². The lowest BCUT2D eigenvalue weighted by molar-refractivity contribution is -0.161. The van der Waals surface area contributed by atoms with Gasteiger partial charge in [0.25, 0.3) is 0 Å². The number of hydrogen-bond donors (Lipinski definition) is 2. The molecule has 4 nitrogen and oxygen atoms in total. The van der Waals surface area contributed by atoms with E-state index in [9.17, 15) is 18.0 Å². The first-order valence-corrected chi connectivity index (χ1v) is 11.6. The average Bonchev–Trinajstić information content (AvgIpc) is 3.51. The van der Waals surface area contributed by atoms with Crippen molar-refractivity contribution in [3.8, 4) is 17.2 Å². The van der Waals surface area contributed by atoms with Crippen molar-refractivity contribution in [2.45, 2.75) is 49.3 Å². The summed E-state index contributed by atoms with van der Waals surface area (Å²) in [6, 6.07) is 12.8. The van der Waals surface area contributed by atoms with Crippen LogP contribution in [0.15, 0.2) is 53.4 Å². The first-order chi connectivity index (χ1) is 15.1. The lowest BCUT2D eigenvalue weighted by atomic mass is 9.95. The van der Waals surface area contributed by atoms with Gasteiger partial charge in [0.2, 0.25) is 5.91 Å². The highest BCUT2D eigenvalue weighted by Gasteiger charge is 2.46. The van der Waals surface area contributed by atoms with Crippen molar-refractivity contribution in [3.05, 3.63) is 54.1 Å². The minimum atomic E-state index is -4.58. The molecule has 3 rings (SSSR count). The zero-order valence-electron chi connectivity index (χ0n) is 18.0. The van der Waals surface area contributed by atoms with Crippen LogP contribution in [-0.4, -0.2) is 30.9 Å². The number of hydrogen-bond acceptors (Lipinski definition) is 4. The number of carbonyl (C=O) groups excluding carboxylic acids is 1. The standard InChI is InChI=1S/C24H26F3N3OS/c1-23(11-12-23)15-20(22(31)29-14-13-28)30-21(24(25,26)27)18-5-3-16(4-6-18)17-7-9-19(32-2)10-8-17/h3-10,20-21,30H,11-12,14-15H2,1-2H3,(H,29,31)/t20-,21-/m0/s1. The second-order valence-electron chi connectivity index (χ2n) is 8.44. The van der Waals surface area contributed by atoms with Crippen LogP contribution in [0.1, 0.15) is 37.8 Å². The van der Waals surface area contributed by atoms with Crippen molar-refractivity contribution in [1.82, 2.24) is 10.6 Å². The molecule has 1 aliphatic carbocycles. The Hall–Kier alpha value is -2.50. The Labute approximate surface area is 190 Å². The van der Waals surface area contributed by atoms with E-state index in [4.69, 9.17) is 5.26 Å². The van der Waals surface area contributed by atoms with Gasteiger partial charge in [-0.1, -0.05) is 43.3 Å². The molecule has 0 unspecified atom stereocenters. The fourth-order valence-electron chi connectivity index (χ4n) is 3.62. The summed E-state index contributed by atoms with van der Waals surface area (Å²) in [5, 5.41) is 13.7. The van der Waals surface area contributed by atoms with Gasteiger partial charge in [0.15, 0.2) is 0 Å². The highest BCUT2D eigenvalue weighted by molar-refractivity contribution is 7.98. The number of benzene rings is 2. The van der Waals surface area contributed by atoms with Gasteiger partial charge < -0.3 is 5.32 Å². The van der Waals surface area contributed by atoms with E-state index in [-0.39, 0.29) is 23.9 Å². The quantitative estimate of drug-likeness (QED) is 0.384. The van der Waals surface area contributed by atoms with E-state index in [1.165, 1.54) is 12.1 Å². The van der Waals surface area contributed by atoms with Gasteiger partial charge in [0.05, 0.1) is 12.1 Å². The Morgan fingerprint density at radius 1 is 1.12 bits per heavy atom. The predicted octanol–water partition coefficient (Wildman–Crippen LogP) is 5.47. The minimum Gasteiger partial charge on any atom is -0.342 e. The zero-order chi connectivity index (χ0) is 23.4. The molecule has 2 aromatic carbocycles. The van der Waals surface area contributed by atoms with Crippen molar-refractivity contribution >= 4 is 17.7 Å². The van der Waals surface area contributed by atoms with E-state index >= 15 is 0 Å². The van der Waals surface area contributed by atoms with E-state index < -0.39 is 24.2 Å². The molecular weight excluding hydrogens is 435 g/mol. The van der Waals surface area contributed by atoms with Gasteiger partial charge >= 0.3 is 6.18 Å². The molecule has 2 aromatic rings. The molecule has 2 N–H and O–H groups in total. The number of amides is 1. The second-order valence-corrected chi connectivity index (χ2v) is 9.31. The summed E-state index contributed by atoms with van der Waals surface area (Å²) in [6.07, 6.45) is -0.573. The lowest BCUT2D eigenvalue weighted by Gasteiger charge is -2.29. The largest absolute Gasteiger partial charge is 0.407 e. The van der Waals surface area contributed by atoms with Crippen LogP contribution in [0.2, 0.25) is 0 Å². The topological polar surface area (TPSA) is 64.9 Å². The van der Waals surface area contributed by atoms with Gasteiger partial charge in [-0.25, -0.2) is 0 Å². The number of nitrogens with one attached hydrogen (secondary N) is 2. The Balaban J connectivity index is 1.82.